The van der Waals surface area contributed by atoms with Gasteiger partial charge < -0.3 is 36.6 Å². The Hall–Kier alpha value is -4.12. The Kier molecular flexibility index (Phi) is 10.5. The van der Waals surface area contributed by atoms with E-state index in [1.165, 1.54) is 29.2 Å². The zero-order valence-corrected chi connectivity index (χ0v) is 22.7. The highest BCUT2D eigenvalue weighted by molar-refractivity contribution is 5.94. The number of likely N-dealkylation sites (tertiary alicyclic amines) is 1. The molecule has 1 aliphatic heterocycles. The number of aromatic hydroxyl groups is 2. The highest BCUT2D eigenvalue weighted by Gasteiger charge is 2.38. The molecule has 1 heterocycles. The van der Waals surface area contributed by atoms with Gasteiger partial charge in [-0.25, -0.2) is 4.79 Å². The van der Waals surface area contributed by atoms with Gasteiger partial charge in [0.15, 0.2) is 0 Å². The highest BCUT2D eigenvalue weighted by Crippen LogP contribution is 2.21. The van der Waals surface area contributed by atoms with E-state index in [1.807, 2.05) is 13.8 Å². The molecule has 0 bridgehead atoms. The summed E-state index contributed by atoms with van der Waals surface area (Å²) in [5, 5.41) is 34.4. The number of nitrogens with one attached hydrogen (secondary N) is 2. The Morgan fingerprint density at radius 2 is 1.38 bits per heavy atom. The molecule has 1 saturated heterocycles. The van der Waals surface area contributed by atoms with E-state index in [-0.39, 0.29) is 36.8 Å². The number of amides is 3. The number of nitrogens with zero attached hydrogens (tertiary/aromatic N) is 1. The van der Waals surface area contributed by atoms with Crippen LogP contribution in [0, 0.1) is 5.92 Å². The van der Waals surface area contributed by atoms with Crippen LogP contribution in [0.3, 0.4) is 0 Å². The van der Waals surface area contributed by atoms with Crippen LogP contribution in [0.4, 0.5) is 0 Å². The summed E-state index contributed by atoms with van der Waals surface area (Å²) in [5.74, 6) is -2.57. The summed E-state index contributed by atoms with van der Waals surface area (Å²) >= 11 is 0. The van der Waals surface area contributed by atoms with Crippen LogP contribution in [-0.4, -0.2) is 74.6 Å². The molecule has 11 nitrogen and oxygen atoms in total. The molecule has 4 unspecified atom stereocenters. The first-order valence-electron chi connectivity index (χ1n) is 13.4. The Bertz CT molecular complexity index is 1180. The molecule has 11 heteroatoms. The van der Waals surface area contributed by atoms with Crippen LogP contribution in [0.15, 0.2) is 48.5 Å². The number of nitrogens with two attached hydrogens (primary N) is 1. The maximum absolute atomic E-state index is 13.6. The van der Waals surface area contributed by atoms with Crippen LogP contribution >= 0.6 is 0 Å². The molecule has 0 spiro atoms. The van der Waals surface area contributed by atoms with Gasteiger partial charge in [0, 0.05) is 19.4 Å². The molecule has 0 saturated carbocycles. The van der Waals surface area contributed by atoms with Gasteiger partial charge in [-0.1, -0.05) is 38.1 Å². The molecule has 0 radical (unpaired) electrons. The van der Waals surface area contributed by atoms with Gasteiger partial charge in [0.1, 0.15) is 29.6 Å². The minimum atomic E-state index is -1.12. The summed E-state index contributed by atoms with van der Waals surface area (Å²) < 4.78 is 0. The van der Waals surface area contributed by atoms with Crippen LogP contribution in [0.5, 0.6) is 11.5 Å². The number of carbonyl (C=O) groups is 4. The van der Waals surface area contributed by atoms with Crippen molar-refractivity contribution in [1.29, 1.82) is 0 Å². The molecule has 4 atom stereocenters. The molecular weight excluding hydrogens is 516 g/mol. The van der Waals surface area contributed by atoms with E-state index in [9.17, 15) is 34.5 Å². The van der Waals surface area contributed by atoms with E-state index in [4.69, 9.17) is 5.73 Å². The predicted octanol–water partition coefficient (Wildman–Crippen LogP) is 1.30. The first kappa shape index (κ1) is 30.4. The van der Waals surface area contributed by atoms with E-state index in [1.54, 1.807) is 24.3 Å². The molecule has 1 fully saturated rings. The summed E-state index contributed by atoms with van der Waals surface area (Å²) in [7, 11) is 0. The minimum absolute atomic E-state index is 0.0376. The van der Waals surface area contributed by atoms with Gasteiger partial charge in [0.05, 0.1) is 6.04 Å². The van der Waals surface area contributed by atoms with Crippen molar-refractivity contribution in [1.82, 2.24) is 15.5 Å². The normalized spacial score (nSPS) is 17.2. The second-order valence-corrected chi connectivity index (χ2v) is 10.6. The summed E-state index contributed by atoms with van der Waals surface area (Å²) in [6.45, 7) is 4.10. The number of rotatable bonds is 12. The second kappa shape index (κ2) is 13.8. The number of hydrogen-bond donors (Lipinski definition) is 6. The lowest BCUT2D eigenvalue weighted by atomic mass is 10.00. The van der Waals surface area contributed by atoms with Crippen molar-refractivity contribution >= 4 is 23.7 Å². The number of phenolic OH excluding ortho intramolecular Hbond substituents is 2. The molecule has 2 aromatic rings. The van der Waals surface area contributed by atoms with Gasteiger partial charge in [-0.05, 0) is 60.6 Å². The van der Waals surface area contributed by atoms with Crippen LogP contribution in [0.1, 0.15) is 44.2 Å². The van der Waals surface area contributed by atoms with E-state index >= 15 is 0 Å². The molecular formula is C29H38N4O7. The lowest BCUT2D eigenvalue weighted by molar-refractivity contribution is -0.149. The number of aliphatic carboxylic acids is 1. The Morgan fingerprint density at radius 3 is 1.88 bits per heavy atom. The van der Waals surface area contributed by atoms with Crippen molar-refractivity contribution in [3.63, 3.8) is 0 Å². The van der Waals surface area contributed by atoms with Gasteiger partial charge in [-0.15, -0.1) is 0 Å². The van der Waals surface area contributed by atoms with Crippen molar-refractivity contribution in [3.8, 4) is 11.5 Å². The molecule has 0 aliphatic carbocycles. The quantitative estimate of drug-likeness (QED) is 0.227. The summed E-state index contributed by atoms with van der Waals surface area (Å²) in [6, 6.07) is 8.26. The first-order valence-corrected chi connectivity index (χ1v) is 13.4. The molecule has 7 N–H and O–H groups in total. The van der Waals surface area contributed by atoms with Gasteiger partial charge >= 0.3 is 5.97 Å². The zero-order chi connectivity index (χ0) is 29.4. The van der Waals surface area contributed by atoms with Crippen molar-refractivity contribution in [2.75, 3.05) is 6.54 Å². The van der Waals surface area contributed by atoms with Crippen LogP contribution in [0.2, 0.25) is 0 Å². The largest absolute Gasteiger partial charge is 0.508 e. The number of carboxylic acid groups (broad SMARTS) is 1. The molecule has 40 heavy (non-hydrogen) atoms. The Labute approximate surface area is 233 Å². The summed E-state index contributed by atoms with van der Waals surface area (Å²) in [4.78, 5) is 53.2. The van der Waals surface area contributed by atoms with Gasteiger partial charge in [-0.3, -0.25) is 14.4 Å². The predicted molar refractivity (Wildman–Crippen MR) is 147 cm³/mol. The van der Waals surface area contributed by atoms with Gasteiger partial charge in [-0.2, -0.15) is 0 Å². The topological polar surface area (TPSA) is 182 Å². The fraction of sp³-hybridized carbons (Fsp3) is 0.448. The lowest BCUT2D eigenvalue weighted by Crippen LogP contribution is -2.58. The van der Waals surface area contributed by atoms with Crippen molar-refractivity contribution in [2.24, 2.45) is 11.7 Å². The molecule has 2 aromatic carbocycles. The summed E-state index contributed by atoms with van der Waals surface area (Å²) in [6.07, 6.45) is 1.35. The molecule has 3 amide bonds. The van der Waals surface area contributed by atoms with Crippen molar-refractivity contribution in [3.05, 3.63) is 59.7 Å². The smallest absolute Gasteiger partial charge is 0.326 e. The van der Waals surface area contributed by atoms with E-state index in [2.05, 4.69) is 10.6 Å². The second-order valence-electron chi connectivity index (χ2n) is 10.6. The molecule has 0 aromatic heterocycles. The fourth-order valence-corrected chi connectivity index (χ4v) is 4.80. The van der Waals surface area contributed by atoms with Crippen LogP contribution in [-0.2, 0) is 32.0 Å². The first-order chi connectivity index (χ1) is 18.9. The SMILES string of the molecule is CC(C)CC(N)C(=O)NC(Cc1ccc(O)cc1)C(=O)NC(Cc1ccc(O)cc1)C(=O)N1CCCC1C(=O)O. The molecule has 216 valence electrons. The minimum Gasteiger partial charge on any atom is -0.508 e. The number of phenols is 2. The third-order valence-electron chi connectivity index (χ3n) is 6.88. The van der Waals surface area contributed by atoms with Gasteiger partial charge in [0.25, 0.3) is 0 Å². The third-order valence-corrected chi connectivity index (χ3v) is 6.88. The number of carbonyl (C=O) groups excluding carboxylic acids is 3. The van der Waals surface area contributed by atoms with Crippen LogP contribution in [0.25, 0.3) is 0 Å². The zero-order valence-electron chi connectivity index (χ0n) is 22.7. The standard InChI is InChI=1S/C29H38N4O7/c1-17(2)14-22(30)26(36)31-23(15-18-5-9-20(34)10-6-18)27(37)32-24(16-19-7-11-21(35)12-8-19)28(38)33-13-3-4-25(33)29(39)40/h5-12,17,22-25,34-35H,3-4,13-16,30H2,1-2H3,(H,31,36)(H,32,37)(H,39,40). The number of carboxylic acids is 1. The number of benzene rings is 2. The Balaban J connectivity index is 1.87. The number of hydrogen-bond acceptors (Lipinski definition) is 7. The van der Waals surface area contributed by atoms with Gasteiger partial charge in [0.2, 0.25) is 17.7 Å². The average Bonchev–Trinajstić information content (AvgIpc) is 3.40. The monoisotopic (exact) mass is 554 g/mol. The van der Waals surface area contributed by atoms with Crippen molar-refractivity contribution < 1.29 is 34.5 Å². The Morgan fingerprint density at radius 1 is 0.875 bits per heavy atom. The molecule has 3 rings (SSSR count). The average molecular weight is 555 g/mol. The maximum atomic E-state index is 13.6. The van der Waals surface area contributed by atoms with Crippen molar-refractivity contribution in [2.45, 2.75) is 70.1 Å². The fourth-order valence-electron chi connectivity index (χ4n) is 4.80. The maximum Gasteiger partial charge on any atom is 0.326 e. The van der Waals surface area contributed by atoms with E-state index in [0.29, 0.717) is 30.4 Å². The van der Waals surface area contributed by atoms with E-state index < -0.39 is 47.9 Å². The summed E-state index contributed by atoms with van der Waals surface area (Å²) in [5.41, 5.74) is 7.35. The molecule has 1 aliphatic rings. The highest BCUT2D eigenvalue weighted by atomic mass is 16.4. The van der Waals surface area contributed by atoms with E-state index in [0.717, 1.165) is 0 Å². The van der Waals surface area contributed by atoms with Crippen LogP contribution < -0.4 is 16.4 Å². The third kappa shape index (κ3) is 8.44. The lowest BCUT2D eigenvalue weighted by Gasteiger charge is -2.29.